The maximum atomic E-state index is 11.9. The van der Waals surface area contributed by atoms with Crippen molar-refractivity contribution in [1.82, 2.24) is 5.32 Å². The zero-order chi connectivity index (χ0) is 14.4. The van der Waals surface area contributed by atoms with E-state index in [4.69, 9.17) is 5.73 Å². The fraction of sp³-hybridized carbons (Fsp3) is 0.188. The van der Waals surface area contributed by atoms with Crippen molar-refractivity contribution < 1.29 is 4.79 Å². The van der Waals surface area contributed by atoms with Crippen molar-refractivity contribution in [2.24, 2.45) is 5.73 Å². The van der Waals surface area contributed by atoms with Gasteiger partial charge in [0.1, 0.15) is 0 Å². The summed E-state index contributed by atoms with van der Waals surface area (Å²) in [5, 5.41) is 2.86. The molecule has 0 radical (unpaired) electrons. The molecule has 1 amide bonds. The Hall–Kier alpha value is -1.65. The van der Waals surface area contributed by atoms with Gasteiger partial charge in [-0.25, -0.2) is 0 Å². The molecule has 0 bridgehead atoms. The van der Waals surface area contributed by atoms with Gasteiger partial charge < -0.3 is 11.1 Å². The van der Waals surface area contributed by atoms with Crippen LogP contribution in [0.15, 0.2) is 59.1 Å². The second-order valence-corrected chi connectivity index (χ2v) is 5.56. The summed E-state index contributed by atoms with van der Waals surface area (Å²) in [6.45, 7) is 0.495. The molecular formula is C16H17BrN2O. The summed E-state index contributed by atoms with van der Waals surface area (Å²) in [5.74, 6) is -0.128. The molecule has 0 unspecified atom stereocenters. The summed E-state index contributed by atoms with van der Waals surface area (Å²) in [5.41, 5.74) is 8.04. The van der Waals surface area contributed by atoms with Crippen molar-refractivity contribution in [1.29, 1.82) is 0 Å². The van der Waals surface area contributed by atoms with Crippen LogP contribution in [0.2, 0.25) is 0 Å². The predicted molar refractivity (Wildman–Crippen MR) is 84.1 cm³/mol. The highest BCUT2D eigenvalue weighted by atomic mass is 79.9. The van der Waals surface area contributed by atoms with E-state index >= 15 is 0 Å². The van der Waals surface area contributed by atoms with Crippen LogP contribution in [0.4, 0.5) is 0 Å². The normalized spacial score (nSPS) is 11.9. The maximum absolute atomic E-state index is 11.9. The number of carbonyl (C=O) groups is 1. The fourth-order valence-corrected chi connectivity index (χ4v) is 2.15. The highest BCUT2D eigenvalue weighted by molar-refractivity contribution is 9.10. The quantitative estimate of drug-likeness (QED) is 0.884. The van der Waals surface area contributed by atoms with E-state index in [0.29, 0.717) is 13.0 Å². The van der Waals surface area contributed by atoms with Crippen LogP contribution >= 0.6 is 15.9 Å². The van der Waals surface area contributed by atoms with Crippen molar-refractivity contribution >= 4 is 21.8 Å². The molecule has 0 spiro atoms. The Kier molecular flexibility index (Phi) is 5.32. The Balaban J connectivity index is 1.83. The summed E-state index contributed by atoms with van der Waals surface area (Å²) in [6.07, 6.45) is 0.549. The van der Waals surface area contributed by atoms with Gasteiger partial charge in [-0.05, 0) is 29.7 Å². The van der Waals surface area contributed by atoms with Gasteiger partial charge in [0, 0.05) is 11.0 Å². The molecule has 2 aromatic carbocycles. The largest absolute Gasteiger partial charge is 0.351 e. The zero-order valence-electron chi connectivity index (χ0n) is 11.1. The minimum Gasteiger partial charge on any atom is -0.351 e. The third-order valence-corrected chi connectivity index (χ3v) is 3.54. The summed E-state index contributed by atoms with van der Waals surface area (Å²) in [7, 11) is 0. The van der Waals surface area contributed by atoms with Crippen LogP contribution in [0.1, 0.15) is 11.1 Å². The van der Waals surface area contributed by atoms with E-state index in [2.05, 4.69) is 21.2 Å². The molecule has 0 fully saturated rings. The first-order chi connectivity index (χ1) is 9.65. The Labute approximate surface area is 127 Å². The standard InChI is InChI=1S/C16H17BrN2O/c17-14-8-6-13(7-9-14)11-19-16(20)15(18)10-12-4-2-1-3-5-12/h1-9,15H,10-11,18H2,(H,19,20)/t15-/m1/s1. The number of halogens is 1. The Morgan fingerprint density at radius 1 is 1.05 bits per heavy atom. The molecule has 0 saturated carbocycles. The van der Waals surface area contributed by atoms with Crippen molar-refractivity contribution in [2.45, 2.75) is 19.0 Å². The summed E-state index contributed by atoms with van der Waals surface area (Å²) >= 11 is 3.38. The topological polar surface area (TPSA) is 55.1 Å². The van der Waals surface area contributed by atoms with Crippen LogP contribution < -0.4 is 11.1 Å². The van der Waals surface area contributed by atoms with Crippen molar-refractivity contribution in [3.05, 3.63) is 70.2 Å². The Morgan fingerprint density at radius 3 is 2.35 bits per heavy atom. The fourth-order valence-electron chi connectivity index (χ4n) is 1.88. The number of nitrogens with one attached hydrogen (secondary N) is 1. The van der Waals surface area contributed by atoms with Crippen LogP contribution in [-0.4, -0.2) is 11.9 Å². The van der Waals surface area contributed by atoms with Gasteiger partial charge in [0.15, 0.2) is 0 Å². The first kappa shape index (κ1) is 14.8. The lowest BCUT2D eigenvalue weighted by molar-refractivity contribution is -0.122. The molecule has 0 aromatic heterocycles. The molecule has 20 heavy (non-hydrogen) atoms. The minimum absolute atomic E-state index is 0.128. The van der Waals surface area contributed by atoms with Crippen LogP contribution in [0.5, 0.6) is 0 Å². The average Bonchev–Trinajstić information content (AvgIpc) is 2.47. The SMILES string of the molecule is N[C@H](Cc1ccccc1)C(=O)NCc1ccc(Br)cc1. The Morgan fingerprint density at radius 2 is 1.70 bits per heavy atom. The number of nitrogens with two attached hydrogens (primary N) is 1. The molecule has 3 nitrogen and oxygen atoms in total. The second-order valence-electron chi connectivity index (χ2n) is 4.64. The molecule has 0 aliphatic carbocycles. The molecule has 2 aromatic rings. The molecule has 0 aliphatic rings. The molecular weight excluding hydrogens is 316 g/mol. The molecule has 0 aliphatic heterocycles. The van der Waals surface area contributed by atoms with Crippen LogP contribution in [0.3, 0.4) is 0 Å². The third kappa shape index (κ3) is 4.47. The van der Waals surface area contributed by atoms with Gasteiger partial charge in [0.25, 0.3) is 0 Å². The summed E-state index contributed by atoms with van der Waals surface area (Å²) in [4.78, 5) is 11.9. The first-order valence-electron chi connectivity index (χ1n) is 6.47. The lowest BCUT2D eigenvalue weighted by Crippen LogP contribution is -2.41. The van der Waals surface area contributed by atoms with E-state index in [1.54, 1.807) is 0 Å². The third-order valence-electron chi connectivity index (χ3n) is 3.02. The monoisotopic (exact) mass is 332 g/mol. The van der Waals surface area contributed by atoms with Gasteiger partial charge in [-0.2, -0.15) is 0 Å². The average molecular weight is 333 g/mol. The Bertz CT molecular complexity index is 554. The first-order valence-corrected chi connectivity index (χ1v) is 7.26. The van der Waals surface area contributed by atoms with E-state index in [1.807, 2.05) is 54.6 Å². The number of carbonyl (C=O) groups excluding carboxylic acids is 1. The molecule has 2 rings (SSSR count). The number of hydrogen-bond acceptors (Lipinski definition) is 2. The predicted octanol–water partition coefficient (Wildman–Crippen LogP) is 2.64. The van der Waals surface area contributed by atoms with Gasteiger partial charge in [0.2, 0.25) is 5.91 Å². The van der Waals surface area contributed by atoms with E-state index in [1.165, 1.54) is 0 Å². The molecule has 0 heterocycles. The molecule has 1 atom stereocenters. The van der Waals surface area contributed by atoms with Gasteiger partial charge in [-0.15, -0.1) is 0 Å². The van der Waals surface area contributed by atoms with E-state index in [-0.39, 0.29) is 5.91 Å². The summed E-state index contributed by atoms with van der Waals surface area (Å²) in [6, 6.07) is 17.1. The number of rotatable bonds is 5. The smallest absolute Gasteiger partial charge is 0.237 e. The van der Waals surface area contributed by atoms with Crippen LogP contribution in [0.25, 0.3) is 0 Å². The van der Waals surface area contributed by atoms with Crippen molar-refractivity contribution in [3.8, 4) is 0 Å². The number of benzene rings is 2. The highest BCUT2D eigenvalue weighted by Crippen LogP contribution is 2.10. The lowest BCUT2D eigenvalue weighted by Gasteiger charge is -2.12. The number of amides is 1. The van der Waals surface area contributed by atoms with E-state index < -0.39 is 6.04 Å². The minimum atomic E-state index is -0.521. The molecule has 3 N–H and O–H groups in total. The van der Waals surface area contributed by atoms with Gasteiger partial charge in [-0.1, -0.05) is 58.4 Å². The van der Waals surface area contributed by atoms with Gasteiger partial charge in [0.05, 0.1) is 6.04 Å². The van der Waals surface area contributed by atoms with Crippen molar-refractivity contribution in [2.75, 3.05) is 0 Å². The lowest BCUT2D eigenvalue weighted by atomic mass is 10.1. The second kappa shape index (κ2) is 7.22. The summed E-state index contributed by atoms with van der Waals surface area (Å²) < 4.78 is 1.02. The molecule has 104 valence electrons. The maximum Gasteiger partial charge on any atom is 0.237 e. The van der Waals surface area contributed by atoms with Gasteiger partial charge >= 0.3 is 0 Å². The molecule has 0 saturated heterocycles. The molecule has 4 heteroatoms. The van der Waals surface area contributed by atoms with Crippen molar-refractivity contribution in [3.63, 3.8) is 0 Å². The van der Waals surface area contributed by atoms with Crippen LogP contribution in [-0.2, 0) is 17.8 Å². The van der Waals surface area contributed by atoms with Gasteiger partial charge in [-0.3, -0.25) is 4.79 Å². The van der Waals surface area contributed by atoms with Crippen LogP contribution in [0, 0.1) is 0 Å². The zero-order valence-corrected chi connectivity index (χ0v) is 12.6. The highest BCUT2D eigenvalue weighted by Gasteiger charge is 2.13. The number of hydrogen-bond donors (Lipinski definition) is 2. The van der Waals surface area contributed by atoms with E-state index in [9.17, 15) is 4.79 Å². The van der Waals surface area contributed by atoms with E-state index in [0.717, 1.165) is 15.6 Å².